The molecule has 102 valence electrons. The van der Waals surface area contributed by atoms with Gasteiger partial charge in [0.2, 0.25) is 5.91 Å². The van der Waals surface area contributed by atoms with Crippen LogP contribution in [0.15, 0.2) is 29.9 Å². The van der Waals surface area contributed by atoms with Gasteiger partial charge in [0.05, 0.1) is 6.54 Å². The number of carbonyl (C=O) groups is 1. The smallest absolute Gasteiger partial charge is 0.247 e. The Morgan fingerprint density at radius 2 is 2.37 bits per heavy atom. The second kappa shape index (κ2) is 6.02. The maximum atomic E-state index is 12.5. The molecule has 2 aromatic rings. The van der Waals surface area contributed by atoms with Gasteiger partial charge in [-0.2, -0.15) is 5.10 Å². The maximum Gasteiger partial charge on any atom is 0.247 e. The van der Waals surface area contributed by atoms with E-state index >= 15 is 0 Å². The fraction of sp³-hybridized carbons (Fsp3) is 0.429. The van der Waals surface area contributed by atoms with E-state index in [4.69, 9.17) is 0 Å². The van der Waals surface area contributed by atoms with E-state index in [0.717, 1.165) is 6.42 Å². The average Bonchev–Trinajstić information content (AvgIpc) is 3.03. The van der Waals surface area contributed by atoms with Crippen molar-refractivity contribution < 1.29 is 4.79 Å². The first-order valence-electron chi connectivity index (χ1n) is 6.40. The minimum Gasteiger partial charge on any atom is -0.339 e. The number of hydrogen-bond acceptors (Lipinski definition) is 3. The Morgan fingerprint density at radius 3 is 2.89 bits per heavy atom. The molecule has 0 unspecified atom stereocenters. The molecule has 0 radical (unpaired) electrons. The van der Waals surface area contributed by atoms with Crippen molar-refractivity contribution in [3.8, 4) is 0 Å². The van der Waals surface area contributed by atoms with E-state index in [1.54, 1.807) is 27.1 Å². The van der Waals surface area contributed by atoms with E-state index in [-0.39, 0.29) is 11.9 Å². The summed E-state index contributed by atoms with van der Waals surface area (Å²) in [6.07, 6.45) is 4.30. The van der Waals surface area contributed by atoms with Gasteiger partial charge in [-0.3, -0.25) is 9.48 Å². The molecular weight excluding hydrogens is 258 g/mol. The van der Waals surface area contributed by atoms with Gasteiger partial charge in [0, 0.05) is 24.3 Å². The maximum absolute atomic E-state index is 12.5. The Bertz CT molecular complexity index is 533. The van der Waals surface area contributed by atoms with Crippen LogP contribution in [0.25, 0.3) is 0 Å². The van der Waals surface area contributed by atoms with Crippen LogP contribution in [0.4, 0.5) is 0 Å². The van der Waals surface area contributed by atoms with Gasteiger partial charge in [-0.15, -0.1) is 11.3 Å². The van der Waals surface area contributed by atoms with Gasteiger partial charge >= 0.3 is 0 Å². The number of rotatable bonds is 5. The molecule has 1 atom stereocenters. The van der Waals surface area contributed by atoms with Gasteiger partial charge in [-0.25, -0.2) is 0 Å². The highest BCUT2D eigenvalue weighted by molar-refractivity contribution is 7.10. The van der Waals surface area contributed by atoms with Crippen LogP contribution < -0.4 is 0 Å². The zero-order chi connectivity index (χ0) is 13.8. The summed E-state index contributed by atoms with van der Waals surface area (Å²) < 4.78 is 1.74. The monoisotopic (exact) mass is 277 g/mol. The number of nitrogens with zero attached hydrogens (tertiary/aromatic N) is 3. The number of hydrogen-bond donors (Lipinski definition) is 0. The third-order valence-corrected chi connectivity index (χ3v) is 4.25. The number of aromatic nitrogens is 2. The third-order valence-electron chi connectivity index (χ3n) is 3.24. The summed E-state index contributed by atoms with van der Waals surface area (Å²) in [5, 5.41) is 6.24. The van der Waals surface area contributed by atoms with E-state index in [0.29, 0.717) is 6.54 Å². The summed E-state index contributed by atoms with van der Waals surface area (Å²) in [7, 11) is 1.85. The highest BCUT2D eigenvalue weighted by Gasteiger charge is 2.22. The number of carbonyl (C=O) groups excluding carboxylic acids is 1. The lowest BCUT2D eigenvalue weighted by Gasteiger charge is -2.23. The van der Waals surface area contributed by atoms with Gasteiger partial charge < -0.3 is 4.90 Å². The molecule has 0 N–H and O–H groups in total. The molecule has 0 fully saturated rings. The van der Waals surface area contributed by atoms with Crippen molar-refractivity contribution in [1.82, 2.24) is 14.7 Å². The molecule has 0 bridgehead atoms. The van der Waals surface area contributed by atoms with Crippen LogP contribution in [0.2, 0.25) is 0 Å². The van der Waals surface area contributed by atoms with E-state index in [2.05, 4.69) is 23.5 Å². The van der Waals surface area contributed by atoms with Gasteiger partial charge in [-0.1, -0.05) is 6.92 Å². The lowest BCUT2D eigenvalue weighted by molar-refractivity contribution is -0.134. The number of thiophene rings is 1. The number of amides is 1. The minimum atomic E-state index is -0.208. The molecule has 2 heterocycles. The molecular formula is C14H19N3OS. The highest BCUT2D eigenvalue weighted by atomic mass is 32.1. The summed E-state index contributed by atoms with van der Waals surface area (Å²) in [5.74, 6) is 0.110. The fourth-order valence-corrected chi connectivity index (χ4v) is 3.01. The van der Waals surface area contributed by atoms with E-state index in [1.807, 2.05) is 26.2 Å². The van der Waals surface area contributed by atoms with Gasteiger partial charge in [-0.05, 0) is 36.4 Å². The lowest BCUT2D eigenvalue weighted by Crippen LogP contribution is -2.34. The van der Waals surface area contributed by atoms with Gasteiger partial charge in [0.1, 0.15) is 6.04 Å². The van der Waals surface area contributed by atoms with Crippen LogP contribution in [0.3, 0.4) is 0 Å². The SMILES string of the molecule is CC[C@@H](C(=O)N(C)Cc1sccc1C)n1cccn1. The van der Waals surface area contributed by atoms with Crippen LogP contribution in [-0.2, 0) is 11.3 Å². The Morgan fingerprint density at radius 1 is 1.58 bits per heavy atom. The molecule has 19 heavy (non-hydrogen) atoms. The average molecular weight is 277 g/mol. The van der Waals surface area contributed by atoms with Crippen molar-refractivity contribution >= 4 is 17.2 Å². The molecule has 2 rings (SSSR count). The molecule has 0 aliphatic carbocycles. The molecule has 0 saturated heterocycles. The van der Waals surface area contributed by atoms with Crippen molar-refractivity contribution in [3.05, 3.63) is 40.3 Å². The Balaban J connectivity index is 2.08. The van der Waals surface area contributed by atoms with Crippen LogP contribution in [0.1, 0.15) is 29.8 Å². The molecule has 0 spiro atoms. The first-order chi connectivity index (χ1) is 9.13. The Hall–Kier alpha value is -1.62. The topological polar surface area (TPSA) is 38.1 Å². The van der Waals surface area contributed by atoms with E-state index in [9.17, 15) is 4.79 Å². The molecule has 0 saturated carbocycles. The second-order valence-electron chi connectivity index (χ2n) is 4.63. The largest absolute Gasteiger partial charge is 0.339 e. The van der Waals surface area contributed by atoms with E-state index in [1.165, 1.54) is 10.4 Å². The Labute approximate surface area is 117 Å². The summed E-state index contributed by atoms with van der Waals surface area (Å²) in [5.41, 5.74) is 1.25. The standard InChI is InChI=1S/C14H19N3OS/c1-4-12(17-8-5-7-15-17)14(18)16(3)10-13-11(2)6-9-19-13/h5-9,12H,4,10H2,1-3H3/t12-/m0/s1. The normalized spacial score (nSPS) is 12.4. The van der Waals surface area contributed by atoms with Crippen molar-refractivity contribution in [2.24, 2.45) is 0 Å². The third kappa shape index (κ3) is 3.04. The molecule has 1 amide bonds. The lowest BCUT2D eigenvalue weighted by atomic mass is 10.2. The van der Waals surface area contributed by atoms with E-state index < -0.39 is 0 Å². The summed E-state index contributed by atoms with van der Waals surface area (Å²) in [6.45, 7) is 4.75. The summed E-state index contributed by atoms with van der Waals surface area (Å²) >= 11 is 1.70. The predicted octanol–water partition coefficient (Wildman–Crippen LogP) is 2.86. The van der Waals surface area contributed by atoms with Crippen LogP contribution in [-0.4, -0.2) is 27.6 Å². The summed E-state index contributed by atoms with van der Waals surface area (Å²) in [4.78, 5) is 15.5. The number of likely N-dealkylation sites (N-methyl/N-ethyl adjacent to an activating group) is 1. The van der Waals surface area contributed by atoms with Crippen LogP contribution in [0, 0.1) is 6.92 Å². The molecule has 2 aromatic heterocycles. The van der Waals surface area contributed by atoms with Gasteiger partial charge in [0.25, 0.3) is 0 Å². The summed E-state index contributed by atoms with van der Waals surface area (Å²) in [6, 6.07) is 3.72. The van der Waals surface area contributed by atoms with Crippen LogP contribution >= 0.6 is 11.3 Å². The minimum absolute atomic E-state index is 0.110. The molecule has 0 aliphatic heterocycles. The fourth-order valence-electron chi connectivity index (χ4n) is 2.05. The van der Waals surface area contributed by atoms with Crippen molar-refractivity contribution in [2.45, 2.75) is 32.9 Å². The zero-order valence-electron chi connectivity index (χ0n) is 11.5. The molecule has 0 aromatic carbocycles. The van der Waals surface area contributed by atoms with Crippen LogP contribution in [0.5, 0.6) is 0 Å². The number of aryl methyl sites for hydroxylation is 1. The predicted molar refractivity (Wildman–Crippen MR) is 77.1 cm³/mol. The first-order valence-corrected chi connectivity index (χ1v) is 7.28. The van der Waals surface area contributed by atoms with Crippen molar-refractivity contribution in [1.29, 1.82) is 0 Å². The molecule has 4 nitrogen and oxygen atoms in total. The first kappa shape index (κ1) is 13.8. The zero-order valence-corrected chi connectivity index (χ0v) is 12.4. The van der Waals surface area contributed by atoms with Crippen molar-refractivity contribution in [3.63, 3.8) is 0 Å². The Kier molecular flexibility index (Phi) is 4.37. The quantitative estimate of drug-likeness (QED) is 0.843. The van der Waals surface area contributed by atoms with Crippen molar-refractivity contribution in [2.75, 3.05) is 7.05 Å². The highest BCUT2D eigenvalue weighted by Crippen LogP contribution is 2.20. The molecule has 0 aliphatic rings. The second-order valence-corrected chi connectivity index (χ2v) is 5.63. The van der Waals surface area contributed by atoms with Gasteiger partial charge in [0.15, 0.2) is 0 Å². The molecule has 5 heteroatoms.